The largest absolute Gasteiger partial charge is 0.375 e. The van der Waals surface area contributed by atoms with Crippen LogP contribution in [0.1, 0.15) is 20.8 Å². The van der Waals surface area contributed by atoms with Crippen molar-refractivity contribution in [3.8, 4) is 12.3 Å². The average molecular weight is 169 g/mol. The third-order valence-corrected chi connectivity index (χ3v) is 1.37. The Bertz CT molecular complexity index is 152. The van der Waals surface area contributed by atoms with Crippen molar-refractivity contribution in [1.82, 2.24) is 4.90 Å². The van der Waals surface area contributed by atoms with E-state index in [-0.39, 0.29) is 5.60 Å². The first-order valence-corrected chi connectivity index (χ1v) is 4.21. The summed E-state index contributed by atoms with van der Waals surface area (Å²) in [6.45, 7) is 8.47. The number of nitrogens with zero attached hydrogens (tertiary/aromatic N) is 1. The fraction of sp³-hybridized carbons (Fsp3) is 0.800. The summed E-state index contributed by atoms with van der Waals surface area (Å²) in [6.07, 6.45) is 5.15. The molecule has 0 aromatic carbocycles. The summed E-state index contributed by atoms with van der Waals surface area (Å²) in [5.41, 5.74) is -0.0447. The molecule has 0 radical (unpaired) electrons. The third kappa shape index (κ3) is 7.59. The van der Waals surface area contributed by atoms with Gasteiger partial charge in [-0.2, -0.15) is 0 Å². The standard InChI is InChI=1S/C10H19NO/c1-6-7-11(5)8-9-12-10(2,3)4/h1H,7-9H2,2-5H3. The molecule has 0 aliphatic carbocycles. The zero-order chi connectivity index (χ0) is 9.61. The Morgan fingerprint density at radius 2 is 2.00 bits per heavy atom. The van der Waals surface area contributed by atoms with Gasteiger partial charge in [-0.05, 0) is 27.8 Å². The van der Waals surface area contributed by atoms with Crippen LogP contribution in [-0.2, 0) is 4.74 Å². The van der Waals surface area contributed by atoms with Crippen molar-refractivity contribution in [3.63, 3.8) is 0 Å². The Hall–Kier alpha value is -0.520. The number of hydrogen-bond acceptors (Lipinski definition) is 2. The first-order chi connectivity index (χ1) is 5.45. The lowest BCUT2D eigenvalue weighted by atomic mass is 10.2. The van der Waals surface area contributed by atoms with Crippen LogP contribution < -0.4 is 0 Å². The van der Waals surface area contributed by atoms with Gasteiger partial charge in [0.2, 0.25) is 0 Å². The fourth-order valence-corrected chi connectivity index (χ4v) is 0.743. The molecule has 0 aliphatic rings. The van der Waals surface area contributed by atoms with Crippen LogP contribution in [0.15, 0.2) is 0 Å². The van der Waals surface area contributed by atoms with Gasteiger partial charge in [0, 0.05) is 6.54 Å². The number of rotatable bonds is 4. The van der Waals surface area contributed by atoms with Gasteiger partial charge in [-0.1, -0.05) is 5.92 Å². The van der Waals surface area contributed by atoms with E-state index in [9.17, 15) is 0 Å². The molecule has 0 aliphatic heterocycles. The molecule has 0 amide bonds. The Kier molecular flexibility index (Phi) is 4.96. The van der Waals surface area contributed by atoms with Gasteiger partial charge in [-0.25, -0.2) is 0 Å². The van der Waals surface area contributed by atoms with E-state index in [1.54, 1.807) is 0 Å². The monoisotopic (exact) mass is 169 g/mol. The number of terminal acetylenes is 1. The summed E-state index contributed by atoms with van der Waals surface area (Å²) in [7, 11) is 1.99. The van der Waals surface area contributed by atoms with Crippen LogP contribution in [0, 0.1) is 12.3 Å². The summed E-state index contributed by atoms with van der Waals surface area (Å²) in [4.78, 5) is 2.06. The molecule has 2 heteroatoms. The topological polar surface area (TPSA) is 12.5 Å². The number of hydrogen-bond donors (Lipinski definition) is 0. The zero-order valence-electron chi connectivity index (χ0n) is 8.55. The van der Waals surface area contributed by atoms with Crippen LogP contribution in [0.25, 0.3) is 0 Å². The van der Waals surface area contributed by atoms with Gasteiger partial charge in [0.05, 0.1) is 18.8 Å². The average Bonchev–Trinajstić information content (AvgIpc) is 1.84. The van der Waals surface area contributed by atoms with E-state index in [1.807, 2.05) is 27.8 Å². The molecule has 12 heavy (non-hydrogen) atoms. The van der Waals surface area contributed by atoms with E-state index in [0.29, 0.717) is 6.54 Å². The lowest BCUT2D eigenvalue weighted by Gasteiger charge is -2.21. The molecule has 0 rings (SSSR count). The second-order valence-corrected chi connectivity index (χ2v) is 3.90. The molecule has 70 valence electrons. The van der Waals surface area contributed by atoms with Crippen molar-refractivity contribution >= 4 is 0 Å². The molecule has 0 aromatic heterocycles. The fourth-order valence-electron chi connectivity index (χ4n) is 0.743. The van der Waals surface area contributed by atoms with E-state index >= 15 is 0 Å². The molecule has 0 unspecified atom stereocenters. The Morgan fingerprint density at radius 3 is 2.42 bits per heavy atom. The summed E-state index contributed by atoms with van der Waals surface area (Å²) in [5, 5.41) is 0. The molecule has 0 N–H and O–H groups in total. The molecule has 0 heterocycles. The highest BCUT2D eigenvalue weighted by Gasteiger charge is 2.09. The van der Waals surface area contributed by atoms with Gasteiger partial charge in [0.25, 0.3) is 0 Å². The normalized spacial score (nSPS) is 11.7. The summed E-state index contributed by atoms with van der Waals surface area (Å²) >= 11 is 0. The molecular formula is C10H19NO. The van der Waals surface area contributed by atoms with Gasteiger partial charge < -0.3 is 4.74 Å². The highest BCUT2D eigenvalue weighted by molar-refractivity contribution is 4.87. The van der Waals surface area contributed by atoms with Crippen molar-refractivity contribution in [1.29, 1.82) is 0 Å². The van der Waals surface area contributed by atoms with Crippen LogP contribution in [0.4, 0.5) is 0 Å². The second kappa shape index (κ2) is 5.18. The minimum atomic E-state index is -0.0447. The predicted octanol–water partition coefficient (Wildman–Crippen LogP) is 1.37. The first kappa shape index (κ1) is 11.5. The molecule has 0 fully saturated rings. The maximum atomic E-state index is 5.54. The van der Waals surface area contributed by atoms with Crippen LogP contribution >= 0.6 is 0 Å². The maximum Gasteiger partial charge on any atom is 0.0600 e. The summed E-state index contributed by atoms with van der Waals surface area (Å²) < 4.78 is 5.54. The van der Waals surface area contributed by atoms with Gasteiger partial charge in [0.1, 0.15) is 0 Å². The lowest BCUT2D eigenvalue weighted by molar-refractivity contribution is -0.00965. The molecule has 0 spiro atoms. The van der Waals surface area contributed by atoms with E-state index in [1.165, 1.54) is 0 Å². The van der Waals surface area contributed by atoms with Gasteiger partial charge in [0.15, 0.2) is 0 Å². The van der Waals surface area contributed by atoms with E-state index in [0.717, 1.165) is 13.2 Å². The molecule has 0 saturated heterocycles. The molecule has 0 atom stereocenters. The minimum absolute atomic E-state index is 0.0447. The van der Waals surface area contributed by atoms with E-state index in [4.69, 9.17) is 11.2 Å². The summed E-state index contributed by atoms with van der Waals surface area (Å²) in [5.74, 6) is 2.59. The zero-order valence-corrected chi connectivity index (χ0v) is 8.55. The van der Waals surface area contributed by atoms with Crippen LogP contribution in [0.5, 0.6) is 0 Å². The Labute approximate surface area is 75.9 Å². The molecule has 0 saturated carbocycles. The SMILES string of the molecule is C#CCN(C)CCOC(C)(C)C. The van der Waals surface area contributed by atoms with Crippen molar-refractivity contribution in [2.24, 2.45) is 0 Å². The van der Waals surface area contributed by atoms with Gasteiger partial charge >= 0.3 is 0 Å². The van der Waals surface area contributed by atoms with Crippen LogP contribution in [-0.4, -0.2) is 37.2 Å². The summed E-state index contributed by atoms with van der Waals surface area (Å²) in [6, 6.07) is 0. The Balaban J connectivity index is 3.38. The molecule has 0 aromatic rings. The van der Waals surface area contributed by atoms with Gasteiger partial charge in [-0.15, -0.1) is 6.42 Å². The first-order valence-electron chi connectivity index (χ1n) is 4.21. The molecule has 2 nitrogen and oxygen atoms in total. The lowest BCUT2D eigenvalue weighted by Crippen LogP contribution is -2.28. The van der Waals surface area contributed by atoms with Crippen LogP contribution in [0.3, 0.4) is 0 Å². The van der Waals surface area contributed by atoms with Crippen molar-refractivity contribution in [3.05, 3.63) is 0 Å². The second-order valence-electron chi connectivity index (χ2n) is 3.90. The smallest absolute Gasteiger partial charge is 0.0600 e. The number of ether oxygens (including phenoxy) is 1. The Morgan fingerprint density at radius 1 is 1.42 bits per heavy atom. The highest BCUT2D eigenvalue weighted by atomic mass is 16.5. The molecule has 0 bridgehead atoms. The molecular weight excluding hydrogens is 150 g/mol. The van der Waals surface area contributed by atoms with Crippen molar-refractivity contribution in [2.45, 2.75) is 26.4 Å². The van der Waals surface area contributed by atoms with Gasteiger partial charge in [-0.3, -0.25) is 4.90 Å². The maximum absolute atomic E-state index is 5.54. The third-order valence-electron chi connectivity index (χ3n) is 1.37. The predicted molar refractivity (Wildman–Crippen MR) is 52.0 cm³/mol. The van der Waals surface area contributed by atoms with E-state index in [2.05, 4.69) is 10.8 Å². The van der Waals surface area contributed by atoms with E-state index < -0.39 is 0 Å². The quantitative estimate of drug-likeness (QED) is 0.589. The minimum Gasteiger partial charge on any atom is -0.375 e. The number of likely N-dealkylation sites (N-methyl/N-ethyl adjacent to an activating group) is 1. The van der Waals surface area contributed by atoms with Crippen molar-refractivity contribution < 1.29 is 4.74 Å². The van der Waals surface area contributed by atoms with Crippen molar-refractivity contribution in [2.75, 3.05) is 26.7 Å². The highest BCUT2D eigenvalue weighted by Crippen LogP contribution is 2.05. The van der Waals surface area contributed by atoms with Crippen LogP contribution in [0.2, 0.25) is 0 Å².